The number of hydrogen-bond donors (Lipinski definition) is 0. The average Bonchev–Trinajstić information content (AvgIpc) is 3.33. The number of ether oxygens (including phenoxy) is 2. The van der Waals surface area contributed by atoms with Gasteiger partial charge in [-0.05, 0) is 49.8 Å². The Morgan fingerprint density at radius 1 is 0.967 bits per heavy atom. The molecule has 3 aliphatic heterocycles. The van der Waals surface area contributed by atoms with Crippen molar-refractivity contribution in [3.05, 3.63) is 29.8 Å². The maximum Gasteiger partial charge on any atom is 0.243 e. The zero-order valence-corrected chi connectivity index (χ0v) is 18.3. The molecule has 0 aliphatic carbocycles. The minimum Gasteiger partial charge on any atom is -0.350 e. The van der Waals surface area contributed by atoms with Gasteiger partial charge in [-0.1, -0.05) is 18.6 Å². The predicted molar refractivity (Wildman–Crippen MR) is 112 cm³/mol. The number of carbonyl (C=O) groups excluding carboxylic acids is 1. The van der Waals surface area contributed by atoms with Crippen LogP contribution < -0.4 is 0 Å². The summed E-state index contributed by atoms with van der Waals surface area (Å²) in [5.74, 6) is 0.396. The molecule has 1 aromatic carbocycles. The van der Waals surface area contributed by atoms with Crippen molar-refractivity contribution in [2.75, 3.05) is 39.4 Å². The molecule has 0 radical (unpaired) electrons. The second-order valence-electron chi connectivity index (χ2n) is 8.46. The molecule has 1 atom stereocenters. The van der Waals surface area contributed by atoms with Crippen LogP contribution in [0.1, 0.15) is 44.1 Å². The van der Waals surface area contributed by atoms with Crippen LogP contribution in [-0.4, -0.2) is 69.2 Å². The molecule has 7 nitrogen and oxygen atoms in total. The number of carbonyl (C=O) groups is 1. The molecule has 3 aliphatic rings. The highest BCUT2D eigenvalue weighted by Crippen LogP contribution is 2.26. The smallest absolute Gasteiger partial charge is 0.243 e. The summed E-state index contributed by atoms with van der Waals surface area (Å²) in [6, 6.07) is 7.03. The topological polar surface area (TPSA) is 76.2 Å². The van der Waals surface area contributed by atoms with E-state index in [1.165, 1.54) is 0 Å². The summed E-state index contributed by atoms with van der Waals surface area (Å²) in [6.07, 6.45) is 5.82. The van der Waals surface area contributed by atoms with Gasteiger partial charge in [0.25, 0.3) is 0 Å². The van der Waals surface area contributed by atoms with E-state index in [0.717, 1.165) is 44.2 Å². The molecule has 0 N–H and O–H groups in total. The van der Waals surface area contributed by atoms with Crippen LogP contribution in [0.15, 0.2) is 29.2 Å². The second-order valence-corrected chi connectivity index (χ2v) is 10.4. The van der Waals surface area contributed by atoms with E-state index in [4.69, 9.17) is 9.47 Å². The second kappa shape index (κ2) is 9.77. The van der Waals surface area contributed by atoms with Gasteiger partial charge in [-0.2, -0.15) is 4.31 Å². The fourth-order valence-electron chi connectivity index (χ4n) is 4.60. The molecule has 1 aromatic rings. The monoisotopic (exact) mass is 436 g/mol. The molecule has 4 rings (SSSR count). The van der Waals surface area contributed by atoms with Gasteiger partial charge in [-0.25, -0.2) is 8.42 Å². The highest BCUT2D eigenvalue weighted by atomic mass is 32.2. The Hall–Kier alpha value is -1.48. The lowest BCUT2D eigenvalue weighted by atomic mass is 9.97. The zero-order chi connectivity index (χ0) is 21.0. The summed E-state index contributed by atoms with van der Waals surface area (Å²) in [4.78, 5) is 15.0. The summed E-state index contributed by atoms with van der Waals surface area (Å²) in [7, 11) is -3.41. The molecule has 166 valence electrons. The lowest BCUT2D eigenvalue weighted by Gasteiger charge is -2.34. The Bertz CT molecular complexity index is 814. The molecular weight excluding hydrogens is 404 g/mol. The van der Waals surface area contributed by atoms with E-state index in [-0.39, 0.29) is 18.1 Å². The van der Waals surface area contributed by atoms with E-state index in [1.54, 1.807) is 16.4 Å². The van der Waals surface area contributed by atoms with Crippen LogP contribution in [0.2, 0.25) is 0 Å². The number of nitrogens with zero attached hydrogens (tertiary/aromatic N) is 2. The van der Waals surface area contributed by atoms with E-state index in [1.807, 2.05) is 17.0 Å². The van der Waals surface area contributed by atoms with Crippen molar-refractivity contribution >= 4 is 15.9 Å². The van der Waals surface area contributed by atoms with Crippen LogP contribution in [0.25, 0.3) is 0 Å². The first kappa shape index (κ1) is 21.7. The average molecular weight is 437 g/mol. The van der Waals surface area contributed by atoms with E-state index in [2.05, 4.69) is 0 Å². The SMILES string of the molecule is O=C(CCc1ccc(S(=O)(=O)N2CCCCC2)cc1)N1CCCC(C2OCCO2)C1. The Morgan fingerprint density at radius 2 is 1.67 bits per heavy atom. The van der Waals surface area contributed by atoms with Crippen molar-refractivity contribution in [1.29, 1.82) is 0 Å². The van der Waals surface area contributed by atoms with Gasteiger partial charge in [0, 0.05) is 38.5 Å². The van der Waals surface area contributed by atoms with Crippen LogP contribution in [-0.2, 0) is 30.7 Å². The van der Waals surface area contributed by atoms with Gasteiger partial charge in [0.1, 0.15) is 0 Å². The normalized spacial score (nSPS) is 24.3. The maximum atomic E-state index is 12.8. The number of rotatable bonds is 6. The molecule has 30 heavy (non-hydrogen) atoms. The van der Waals surface area contributed by atoms with Gasteiger partial charge < -0.3 is 14.4 Å². The summed E-state index contributed by atoms with van der Waals surface area (Å²) in [6.45, 7) is 3.96. The van der Waals surface area contributed by atoms with Crippen molar-refractivity contribution in [3.63, 3.8) is 0 Å². The van der Waals surface area contributed by atoms with Crippen molar-refractivity contribution in [1.82, 2.24) is 9.21 Å². The lowest BCUT2D eigenvalue weighted by molar-refractivity contribution is -0.139. The first-order valence-electron chi connectivity index (χ1n) is 11.1. The summed E-state index contributed by atoms with van der Waals surface area (Å²) in [5.41, 5.74) is 0.983. The summed E-state index contributed by atoms with van der Waals surface area (Å²) >= 11 is 0. The maximum absolute atomic E-state index is 12.8. The van der Waals surface area contributed by atoms with Crippen molar-refractivity contribution in [3.8, 4) is 0 Å². The molecule has 1 amide bonds. The summed E-state index contributed by atoms with van der Waals surface area (Å²) < 4.78 is 38.3. The molecule has 8 heteroatoms. The van der Waals surface area contributed by atoms with Crippen molar-refractivity contribution in [2.45, 2.75) is 56.1 Å². The van der Waals surface area contributed by atoms with Gasteiger partial charge in [0.15, 0.2) is 6.29 Å². The third kappa shape index (κ3) is 5.04. The zero-order valence-electron chi connectivity index (χ0n) is 17.5. The number of hydrogen-bond acceptors (Lipinski definition) is 5. The Kier molecular flexibility index (Phi) is 7.08. The minimum atomic E-state index is -3.41. The standard InChI is InChI=1S/C22H32N2O5S/c25-21(23-12-4-5-19(17-23)22-28-15-16-29-22)11-8-18-6-9-20(10-7-18)30(26,27)24-13-2-1-3-14-24/h6-7,9-10,19,22H,1-5,8,11-17H2. The van der Waals surface area contributed by atoms with E-state index < -0.39 is 10.0 Å². The van der Waals surface area contributed by atoms with Gasteiger partial charge in [0.2, 0.25) is 15.9 Å². The molecule has 0 spiro atoms. The minimum absolute atomic E-state index is 0.141. The van der Waals surface area contributed by atoms with Gasteiger partial charge in [0.05, 0.1) is 18.1 Å². The molecule has 3 fully saturated rings. The van der Waals surface area contributed by atoms with Crippen LogP contribution in [0.4, 0.5) is 0 Å². The fraction of sp³-hybridized carbons (Fsp3) is 0.682. The lowest BCUT2D eigenvalue weighted by Crippen LogP contribution is -2.43. The molecular formula is C22H32N2O5S. The predicted octanol–water partition coefficient (Wildman–Crippen LogP) is 2.41. The number of likely N-dealkylation sites (tertiary alicyclic amines) is 1. The van der Waals surface area contributed by atoms with Crippen LogP contribution in [0.5, 0.6) is 0 Å². The molecule has 0 saturated carbocycles. The number of sulfonamides is 1. The highest BCUT2D eigenvalue weighted by molar-refractivity contribution is 7.89. The van der Waals surface area contributed by atoms with Gasteiger partial charge in [-0.3, -0.25) is 4.79 Å². The number of aryl methyl sites for hydroxylation is 1. The van der Waals surface area contributed by atoms with Crippen LogP contribution in [0, 0.1) is 5.92 Å². The van der Waals surface area contributed by atoms with E-state index in [0.29, 0.717) is 50.6 Å². The van der Waals surface area contributed by atoms with Crippen LogP contribution >= 0.6 is 0 Å². The molecule has 1 unspecified atom stereocenters. The van der Waals surface area contributed by atoms with Gasteiger partial charge >= 0.3 is 0 Å². The Balaban J connectivity index is 1.30. The number of amides is 1. The summed E-state index contributed by atoms with van der Waals surface area (Å²) in [5, 5.41) is 0. The quantitative estimate of drug-likeness (QED) is 0.685. The molecule has 0 bridgehead atoms. The highest BCUT2D eigenvalue weighted by Gasteiger charge is 2.32. The number of piperidine rings is 2. The largest absolute Gasteiger partial charge is 0.350 e. The third-order valence-corrected chi connectivity index (χ3v) is 8.26. The van der Waals surface area contributed by atoms with E-state index in [9.17, 15) is 13.2 Å². The van der Waals surface area contributed by atoms with Crippen molar-refractivity contribution in [2.24, 2.45) is 5.92 Å². The first-order valence-corrected chi connectivity index (χ1v) is 12.6. The third-order valence-electron chi connectivity index (χ3n) is 6.35. The Labute approximate surface area is 179 Å². The Morgan fingerprint density at radius 3 is 2.37 bits per heavy atom. The molecule has 0 aromatic heterocycles. The molecule has 3 heterocycles. The molecule has 3 saturated heterocycles. The van der Waals surface area contributed by atoms with Crippen LogP contribution in [0.3, 0.4) is 0 Å². The van der Waals surface area contributed by atoms with Gasteiger partial charge in [-0.15, -0.1) is 0 Å². The fourth-order valence-corrected chi connectivity index (χ4v) is 6.12. The first-order chi connectivity index (χ1) is 14.5. The number of benzene rings is 1. The van der Waals surface area contributed by atoms with E-state index >= 15 is 0 Å². The van der Waals surface area contributed by atoms with Crippen molar-refractivity contribution < 1.29 is 22.7 Å².